The van der Waals surface area contributed by atoms with E-state index in [9.17, 15) is 4.79 Å². The van der Waals surface area contributed by atoms with Crippen LogP contribution < -0.4 is 5.73 Å². The van der Waals surface area contributed by atoms with Crippen LogP contribution in [0.5, 0.6) is 0 Å². The summed E-state index contributed by atoms with van der Waals surface area (Å²) in [6.45, 7) is 0.539. The number of ketones is 1. The van der Waals surface area contributed by atoms with Gasteiger partial charge < -0.3 is 5.73 Å². The van der Waals surface area contributed by atoms with Crippen molar-refractivity contribution < 1.29 is 4.79 Å². The topological polar surface area (TPSA) is 43.1 Å². The summed E-state index contributed by atoms with van der Waals surface area (Å²) in [7, 11) is 0. The van der Waals surface area contributed by atoms with Gasteiger partial charge in [-0.05, 0) is 31.2 Å². The molecule has 0 heterocycles. The summed E-state index contributed by atoms with van der Waals surface area (Å²) in [6, 6.07) is 10.4. The van der Waals surface area contributed by atoms with Gasteiger partial charge in [0.15, 0.2) is 0 Å². The maximum Gasteiger partial charge on any atom is 0.140 e. The van der Waals surface area contributed by atoms with Crippen molar-refractivity contribution in [3.05, 3.63) is 35.9 Å². The van der Waals surface area contributed by atoms with Crippen LogP contribution in [0.25, 0.3) is 0 Å². The van der Waals surface area contributed by atoms with Crippen molar-refractivity contribution in [3.63, 3.8) is 0 Å². The molecule has 2 rings (SSSR count). The number of nitrogens with two attached hydrogens (primary N) is 1. The first-order valence-electron chi connectivity index (χ1n) is 8.04. The van der Waals surface area contributed by atoms with Crippen molar-refractivity contribution in [2.45, 2.75) is 57.8 Å². The Labute approximate surface area is 122 Å². The van der Waals surface area contributed by atoms with Gasteiger partial charge in [-0.2, -0.15) is 0 Å². The first-order valence-corrected chi connectivity index (χ1v) is 8.04. The Kier molecular flexibility index (Phi) is 5.78. The Morgan fingerprint density at radius 2 is 1.70 bits per heavy atom. The molecule has 0 spiro atoms. The highest BCUT2D eigenvalue weighted by Crippen LogP contribution is 2.36. The molecule has 0 bridgehead atoms. The monoisotopic (exact) mass is 273 g/mol. The third-order valence-electron chi connectivity index (χ3n) is 4.76. The summed E-state index contributed by atoms with van der Waals surface area (Å²) >= 11 is 0. The van der Waals surface area contributed by atoms with Gasteiger partial charge in [0.25, 0.3) is 0 Å². The SMILES string of the molecule is NCC1(C(=O)CCCc2ccccc2)CCCCCC1. The molecule has 0 atom stereocenters. The van der Waals surface area contributed by atoms with E-state index in [0.717, 1.165) is 25.7 Å². The molecule has 1 aliphatic carbocycles. The minimum Gasteiger partial charge on any atom is -0.329 e. The molecule has 1 aromatic carbocycles. The van der Waals surface area contributed by atoms with Crippen molar-refractivity contribution in [2.24, 2.45) is 11.1 Å². The molecule has 2 heteroatoms. The van der Waals surface area contributed by atoms with Gasteiger partial charge in [0.1, 0.15) is 5.78 Å². The van der Waals surface area contributed by atoms with E-state index in [0.29, 0.717) is 18.7 Å². The molecular weight excluding hydrogens is 246 g/mol. The lowest BCUT2D eigenvalue weighted by Crippen LogP contribution is -2.38. The number of aryl methyl sites for hydroxylation is 1. The summed E-state index contributed by atoms with van der Waals surface area (Å²) in [6.07, 6.45) is 9.51. The molecule has 0 unspecified atom stereocenters. The molecule has 20 heavy (non-hydrogen) atoms. The Balaban J connectivity index is 1.86. The zero-order valence-electron chi connectivity index (χ0n) is 12.4. The zero-order chi connectivity index (χ0) is 14.3. The predicted octanol–water partition coefficient (Wildman–Crippen LogP) is 3.88. The molecule has 0 aliphatic heterocycles. The highest BCUT2D eigenvalue weighted by Gasteiger charge is 2.36. The predicted molar refractivity (Wildman–Crippen MR) is 83.6 cm³/mol. The van der Waals surface area contributed by atoms with E-state index >= 15 is 0 Å². The molecule has 110 valence electrons. The van der Waals surface area contributed by atoms with Gasteiger partial charge in [0, 0.05) is 18.4 Å². The second-order valence-corrected chi connectivity index (χ2v) is 6.16. The Hall–Kier alpha value is -1.15. The fraction of sp³-hybridized carbons (Fsp3) is 0.611. The number of hydrogen-bond donors (Lipinski definition) is 1. The van der Waals surface area contributed by atoms with Crippen LogP contribution in [0.4, 0.5) is 0 Å². The number of carbonyl (C=O) groups excluding carboxylic acids is 1. The lowest BCUT2D eigenvalue weighted by Gasteiger charge is -2.29. The number of benzene rings is 1. The van der Waals surface area contributed by atoms with E-state index in [1.165, 1.54) is 31.2 Å². The van der Waals surface area contributed by atoms with Crippen LogP contribution in [0, 0.1) is 5.41 Å². The van der Waals surface area contributed by atoms with E-state index in [2.05, 4.69) is 24.3 Å². The molecule has 0 radical (unpaired) electrons. The molecule has 1 saturated carbocycles. The maximum absolute atomic E-state index is 12.6. The van der Waals surface area contributed by atoms with Crippen LogP contribution in [0.3, 0.4) is 0 Å². The van der Waals surface area contributed by atoms with E-state index in [1.54, 1.807) is 0 Å². The second kappa shape index (κ2) is 7.58. The van der Waals surface area contributed by atoms with Crippen molar-refractivity contribution in [1.82, 2.24) is 0 Å². The highest BCUT2D eigenvalue weighted by molar-refractivity contribution is 5.85. The van der Waals surface area contributed by atoms with Gasteiger partial charge in [-0.25, -0.2) is 0 Å². The average molecular weight is 273 g/mol. The molecule has 0 saturated heterocycles. The molecule has 1 aliphatic rings. The van der Waals surface area contributed by atoms with Gasteiger partial charge in [0.05, 0.1) is 0 Å². The number of carbonyl (C=O) groups is 1. The van der Waals surface area contributed by atoms with Crippen LogP contribution in [0.2, 0.25) is 0 Å². The first-order chi connectivity index (χ1) is 9.77. The Morgan fingerprint density at radius 3 is 2.30 bits per heavy atom. The fourth-order valence-corrected chi connectivity index (χ4v) is 3.37. The lowest BCUT2D eigenvalue weighted by atomic mass is 9.75. The number of rotatable bonds is 6. The van der Waals surface area contributed by atoms with Crippen molar-refractivity contribution in [1.29, 1.82) is 0 Å². The number of Topliss-reactive ketones (excluding diaryl/α,β-unsaturated/α-hetero) is 1. The van der Waals surface area contributed by atoms with E-state index in [1.807, 2.05) is 6.07 Å². The molecule has 0 amide bonds. The quantitative estimate of drug-likeness (QED) is 0.799. The third-order valence-corrected chi connectivity index (χ3v) is 4.76. The standard InChI is InChI=1S/C18H27NO/c19-15-18(13-6-1-2-7-14-18)17(20)12-8-11-16-9-4-3-5-10-16/h3-5,9-10H,1-2,6-8,11-15,19H2. The highest BCUT2D eigenvalue weighted by atomic mass is 16.1. The molecule has 2 nitrogen and oxygen atoms in total. The summed E-state index contributed by atoms with van der Waals surface area (Å²) in [5.41, 5.74) is 7.09. The van der Waals surface area contributed by atoms with Crippen LogP contribution in [-0.4, -0.2) is 12.3 Å². The summed E-state index contributed by atoms with van der Waals surface area (Å²) in [5, 5.41) is 0. The normalized spacial score (nSPS) is 18.4. The Morgan fingerprint density at radius 1 is 1.05 bits per heavy atom. The second-order valence-electron chi connectivity index (χ2n) is 6.16. The third kappa shape index (κ3) is 3.92. The van der Waals surface area contributed by atoms with Crippen LogP contribution >= 0.6 is 0 Å². The van der Waals surface area contributed by atoms with E-state index < -0.39 is 0 Å². The molecular formula is C18H27NO. The van der Waals surface area contributed by atoms with Crippen molar-refractivity contribution in [3.8, 4) is 0 Å². The zero-order valence-corrected chi connectivity index (χ0v) is 12.4. The fourth-order valence-electron chi connectivity index (χ4n) is 3.37. The first kappa shape index (κ1) is 15.2. The van der Waals surface area contributed by atoms with Crippen LogP contribution in [-0.2, 0) is 11.2 Å². The van der Waals surface area contributed by atoms with Crippen LogP contribution in [0.1, 0.15) is 56.9 Å². The average Bonchev–Trinajstić information content (AvgIpc) is 2.74. The molecule has 1 aromatic rings. The smallest absolute Gasteiger partial charge is 0.140 e. The van der Waals surface area contributed by atoms with Gasteiger partial charge in [0.2, 0.25) is 0 Å². The van der Waals surface area contributed by atoms with Crippen molar-refractivity contribution in [2.75, 3.05) is 6.54 Å². The molecule has 1 fully saturated rings. The van der Waals surface area contributed by atoms with Gasteiger partial charge in [-0.1, -0.05) is 56.0 Å². The van der Waals surface area contributed by atoms with E-state index in [4.69, 9.17) is 5.73 Å². The minimum atomic E-state index is -0.201. The van der Waals surface area contributed by atoms with E-state index in [-0.39, 0.29) is 5.41 Å². The lowest BCUT2D eigenvalue weighted by molar-refractivity contribution is -0.129. The summed E-state index contributed by atoms with van der Waals surface area (Å²) < 4.78 is 0. The van der Waals surface area contributed by atoms with Crippen molar-refractivity contribution >= 4 is 5.78 Å². The minimum absolute atomic E-state index is 0.201. The summed E-state index contributed by atoms with van der Waals surface area (Å²) in [4.78, 5) is 12.6. The maximum atomic E-state index is 12.6. The van der Waals surface area contributed by atoms with Gasteiger partial charge in [-0.3, -0.25) is 4.79 Å². The largest absolute Gasteiger partial charge is 0.329 e. The van der Waals surface area contributed by atoms with Gasteiger partial charge in [-0.15, -0.1) is 0 Å². The summed E-state index contributed by atoms with van der Waals surface area (Å²) in [5.74, 6) is 0.415. The Bertz CT molecular complexity index is 405. The van der Waals surface area contributed by atoms with Crippen LogP contribution in [0.15, 0.2) is 30.3 Å². The van der Waals surface area contributed by atoms with Gasteiger partial charge >= 0.3 is 0 Å². The number of hydrogen-bond acceptors (Lipinski definition) is 2. The molecule has 0 aromatic heterocycles. The molecule has 2 N–H and O–H groups in total.